The lowest BCUT2D eigenvalue weighted by Gasteiger charge is -2.13. The molecule has 0 unspecified atom stereocenters. The van der Waals surface area contributed by atoms with Crippen LogP contribution in [0, 0.1) is 5.82 Å². The number of benzene rings is 2. The summed E-state index contributed by atoms with van der Waals surface area (Å²) in [7, 11) is 0. The van der Waals surface area contributed by atoms with Crippen LogP contribution in [0.3, 0.4) is 0 Å². The molecule has 1 aromatic heterocycles. The van der Waals surface area contributed by atoms with E-state index in [1.54, 1.807) is 43.5 Å². The number of amides is 1. The van der Waals surface area contributed by atoms with E-state index in [-0.39, 0.29) is 29.9 Å². The number of primary amides is 1. The quantitative estimate of drug-likeness (QED) is 0.625. The molecular formula is C21H17Cl2FN2O3. The normalized spacial score (nSPS) is 10.8. The summed E-state index contributed by atoms with van der Waals surface area (Å²) in [6.45, 7) is 2.04. The fourth-order valence-electron chi connectivity index (χ4n) is 2.86. The van der Waals surface area contributed by atoms with Gasteiger partial charge in [0.05, 0.1) is 28.8 Å². The first kappa shape index (κ1) is 20.9. The minimum atomic E-state index is -0.622. The minimum absolute atomic E-state index is 0.109. The predicted octanol–water partition coefficient (Wildman–Crippen LogP) is 4.38. The van der Waals surface area contributed by atoms with Crippen molar-refractivity contribution in [1.82, 2.24) is 4.57 Å². The predicted molar refractivity (Wildman–Crippen MR) is 112 cm³/mol. The second kappa shape index (κ2) is 8.68. The third kappa shape index (κ3) is 4.60. The Morgan fingerprint density at radius 2 is 1.86 bits per heavy atom. The molecule has 0 bridgehead atoms. The highest BCUT2D eigenvalue weighted by atomic mass is 35.5. The number of carbonyl (C=O) groups excluding carboxylic acids is 1. The van der Waals surface area contributed by atoms with Crippen molar-refractivity contribution < 1.29 is 13.9 Å². The molecule has 1 amide bonds. The topological polar surface area (TPSA) is 74.3 Å². The molecule has 3 aromatic rings. The van der Waals surface area contributed by atoms with Crippen LogP contribution in [0.25, 0.3) is 16.8 Å². The van der Waals surface area contributed by atoms with Gasteiger partial charge in [-0.05, 0) is 48.4 Å². The molecule has 0 spiro atoms. The SMILES string of the molecule is CCOc1cc(-c2ccc(CC(N)=O)c(F)c2)cn(-c2ccc(Cl)c(Cl)c2)c1=O. The van der Waals surface area contributed by atoms with E-state index in [2.05, 4.69) is 0 Å². The molecule has 0 radical (unpaired) electrons. The molecule has 150 valence electrons. The average molecular weight is 435 g/mol. The van der Waals surface area contributed by atoms with Gasteiger partial charge in [0.1, 0.15) is 5.82 Å². The van der Waals surface area contributed by atoms with Crippen LogP contribution in [0.1, 0.15) is 12.5 Å². The van der Waals surface area contributed by atoms with Gasteiger partial charge in [-0.3, -0.25) is 14.2 Å². The van der Waals surface area contributed by atoms with Crippen molar-refractivity contribution in [3.05, 3.63) is 80.4 Å². The number of aromatic nitrogens is 1. The molecule has 5 nitrogen and oxygen atoms in total. The summed E-state index contributed by atoms with van der Waals surface area (Å²) in [4.78, 5) is 23.9. The Labute approximate surface area is 176 Å². The Morgan fingerprint density at radius 3 is 2.48 bits per heavy atom. The number of pyridine rings is 1. The number of halogens is 3. The van der Waals surface area contributed by atoms with E-state index in [9.17, 15) is 14.0 Å². The number of nitrogens with two attached hydrogens (primary N) is 1. The maximum absolute atomic E-state index is 14.4. The second-order valence-electron chi connectivity index (χ2n) is 6.25. The van der Waals surface area contributed by atoms with Crippen LogP contribution in [0.4, 0.5) is 4.39 Å². The molecule has 0 aliphatic rings. The summed E-state index contributed by atoms with van der Waals surface area (Å²) < 4.78 is 21.2. The minimum Gasteiger partial charge on any atom is -0.488 e. The zero-order valence-electron chi connectivity index (χ0n) is 15.4. The van der Waals surface area contributed by atoms with Crippen molar-refractivity contribution in [2.24, 2.45) is 5.73 Å². The van der Waals surface area contributed by atoms with Gasteiger partial charge >= 0.3 is 0 Å². The summed E-state index contributed by atoms with van der Waals surface area (Å²) >= 11 is 12.1. The Kier molecular flexibility index (Phi) is 6.25. The van der Waals surface area contributed by atoms with Crippen molar-refractivity contribution in [3.63, 3.8) is 0 Å². The molecular weight excluding hydrogens is 418 g/mol. The third-order valence-corrected chi connectivity index (χ3v) is 4.96. The third-order valence-electron chi connectivity index (χ3n) is 4.22. The average Bonchev–Trinajstić information content (AvgIpc) is 2.67. The molecule has 0 aliphatic heterocycles. The molecule has 0 saturated heterocycles. The Balaban J connectivity index is 2.15. The standard InChI is InChI=1S/C21H17Cl2FN2O3/c1-2-29-19-8-14(12-3-4-13(9-20(25)27)18(24)7-12)11-26(21(19)28)15-5-6-16(22)17(23)10-15/h3-8,10-11H,2,9H2,1H3,(H2,25,27). The summed E-state index contributed by atoms with van der Waals surface area (Å²) in [6, 6.07) is 10.7. The van der Waals surface area contributed by atoms with Crippen LogP contribution in [0.15, 0.2) is 53.5 Å². The lowest BCUT2D eigenvalue weighted by atomic mass is 10.0. The monoisotopic (exact) mass is 434 g/mol. The van der Waals surface area contributed by atoms with Crippen molar-refractivity contribution in [3.8, 4) is 22.6 Å². The van der Waals surface area contributed by atoms with E-state index in [1.165, 1.54) is 16.7 Å². The fourth-order valence-corrected chi connectivity index (χ4v) is 3.15. The van der Waals surface area contributed by atoms with E-state index >= 15 is 0 Å². The molecule has 8 heteroatoms. The lowest BCUT2D eigenvalue weighted by Crippen LogP contribution is -2.20. The Hall–Kier alpha value is -2.83. The van der Waals surface area contributed by atoms with Crippen molar-refractivity contribution in [1.29, 1.82) is 0 Å². The van der Waals surface area contributed by atoms with E-state index in [0.29, 0.717) is 26.9 Å². The lowest BCUT2D eigenvalue weighted by molar-refractivity contribution is -0.117. The van der Waals surface area contributed by atoms with E-state index in [4.69, 9.17) is 33.7 Å². The highest BCUT2D eigenvalue weighted by molar-refractivity contribution is 6.42. The van der Waals surface area contributed by atoms with Crippen molar-refractivity contribution >= 4 is 29.1 Å². The van der Waals surface area contributed by atoms with Gasteiger partial charge in [-0.15, -0.1) is 0 Å². The zero-order valence-corrected chi connectivity index (χ0v) is 16.9. The first-order valence-electron chi connectivity index (χ1n) is 8.72. The molecule has 29 heavy (non-hydrogen) atoms. The molecule has 2 N–H and O–H groups in total. The molecule has 0 aliphatic carbocycles. The van der Waals surface area contributed by atoms with Gasteiger partial charge in [0.25, 0.3) is 5.56 Å². The maximum Gasteiger partial charge on any atom is 0.297 e. The van der Waals surface area contributed by atoms with E-state index in [0.717, 1.165) is 0 Å². The largest absolute Gasteiger partial charge is 0.488 e. The van der Waals surface area contributed by atoms with Gasteiger partial charge in [-0.2, -0.15) is 0 Å². The number of ether oxygens (including phenoxy) is 1. The second-order valence-corrected chi connectivity index (χ2v) is 7.06. The van der Waals surface area contributed by atoms with Crippen molar-refractivity contribution in [2.45, 2.75) is 13.3 Å². The summed E-state index contributed by atoms with van der Waals surface area (Å²) in [6.07, 6.45) is 1.37. The highest BCUT2D eigenvalue weighted by Crippen LogP contribution is 2.28. The molecule has 0 saturated carbocycles. The Morgan fingerprint density at radius 1 is 1.10 bits per heavy atom. The van der Waals surface area contributed by atoms with E-state index < -0.39 is 11.7 Å². The summed E-state index contributed by atoms with van der Waals surface area (Å²) in [5.74, 6) is -1.08. The van der Waals surface area contributed by atoms with Crippen molar-refractivity contribution in [2.75, 3.05) is 6.61 Å². The van der Waals surface area contributed by atoms with Crippen LogP contribution < -0.4 is 16.0 Å². The van der Waals surface area contributed by atoms with Gasteiger partial charge in [-0.1, -0.05) is 35.3 Å². The van der Waals surface area contributed by atoms with Crippen LogP contribution in [0.5, 0.6) is 5.75 Å². The smallest absolute Gasteiger partial charge is 0.297 e. The molecule has 0 atom stereocenters. The zero-order chi connectivity index (χ0) is 21.1. The number of carbonyl (C=O) groups is 1. The molecule has 1 heterocycles. The Bertz CT molecular complexity index is 1150. The van der Waals surface area contributed by atoms with Crippen LogP contribution in [-0.2, 0) is 11.2 Å². The van der Waals surface area contributed by atoms with Gasteiger partial charge in [-0.25, -0.2) is 4.39 Å². The van der Waals surface area contributed by atoms with Crippen LogP contribution >= 0.6 is 23.2 Å². The first-order valence-corrected chi connectivity index (χ1v) is 9.47. The molecule has 0 fully saturated rings. The van der Waals surface area contributed by atoms with Gasteiger partial charge in [0, 0.05) is 11.8 Å². The maximum atomic E-state index is 14.4. The summed E-state index contributed by atoms with van der Waals surface area (Å²) in [5, 5.41) is 0.651. The highest BCUT2D eigenvalue weighted by Gasteiger charge is 2.14. The number of nitrogens with zero attached hydrogens (tertiary/aromatic N) is 1. The van der Waals surface area contributed by atoms with Crippen LogP contribution in [-0.4, -0.2) is 17.1 Å². The van der Waals surface area contributed by atoms with E-state index in [1.807, 2.05) is 0 Å². The van der Waals surface area contributed by atoms with Gasteiger partial charge in [0.2, 0.25) is 5.91 Å². The summed E-state index contributed by atoms with van der Waals surface area (Å²) in [5.41, 5.74) is 6.48. The molecule has 2 aromatic carbocycles. The van der Waals surface area contributed by atoms with Crippen LogP contribution in [0.2, 0.25) is 10.0 Å². The van der Waals surface area contributed by atoms with Gasteiger partial charge < -0.3 is 10.5 Å². The number of hydrogen-bond donors (Lipinski definition) is 1. The molecule has 3 rings (SSSR count). The number of rotatable bonds is 6. The first-order chi connectivity index (χ1) is 13.8. The number of hydrogen-bond acceptors (Lipinski definition) is 3. The van der Waals surface area contributed by atoms with Gasteiger partial charge in [0.15, 0.2) is 5.75 Å². The fraction of sp³-hybridized carbons (Fsp3) is 0.143.